The smallest absolute Gasteiger partial charge is 0.229 e. The van der Waals surface area contributed by atoms with E-state index in [9.17, 15) is 0 Å². The molecule has 5 nitrogen and oxygen atoms in total. The zero-order valence-corrected chi connectivity index (χ0v) is 10.9. The predicted molar refractivity (Wildman–Crippen MR) is 69.1 cm³/mol. The molecule has 1 atom stereocenters. The molecule has 1 saturated heterocycles. The largest absolute Gasteiger partial charge is 0.481 e. The fourth-order valence-corrected chi connectivity index (χ4v) is 2.96. The molecule has 1 unspecified atom stereocenters. The first-order valence-corrected chi connectivity index (χ1v) is 6.76. The molecule has 0 saturated carbocycles. The zero-order chi connectivity index (χ0) is 12.1. The van der Waals surface area contributed by atoms with E-state index >= 15 is 0 Å². The van der Waals surface area contributed by atoms with Crippen molar-refractivity contribution in [3.63, 3.8) is 0 Å². The molecule has 2 heterocycles. The Morgan fingerprint density at radius 2 is 2.06 bits per heavy atom. The van der Waals surface area contributed by atoms with Gasteiger partial charge in [-0.1, -0.05) is 0 Å². The molecule has 0 aromatic carbocycles. The maximum absolute atomic E-state index is 5.09. The minimum atomic E-state index is 0.514. The van der Waals surface area contributed by atoms with E-state index in [0.29, 0.717) is 23.6 Å². The number of ether oxygens (including phenoxy) is 2. The van der Waals surface area contributed by atoms with Gasteiger partial charge in [-0.15, -0.1) is 0 Å². The summed E-state index contributed by atoms with van der Waals surface area (Å²) in [6, 6.07) is 1.66. The molecule has 1 aliphatic rings. The lowest BCUT2D eigenvalue weighted by Crippen LogP contribution is -2.15. The fraction of sp³-hybridized carbons (Fsp3) is 0.636. The maximum Gasteiger partial charge on any atom is 0.229 e. The highest BCUT2D eigenvalue weighted by atomic mass is 32.2. The van der Waals surface area contributed by atoms with Crippen LogP contribution in [0.25, 0.3) is 0 Å². The number of hydrogen-bond acceptors (Lipinski definition) is 6. The lowest BCUT2D eigenvalue weighted by Gasteiger charge is -2.11. The third kappa shape index (κ3) is 3.39. The minimum absolute atomic E-state index is 0.514. The van der Waals surface area contributed by atoms with Crippen molar-refractivity contribution in [2.24, 2.45) is 5.92 Å². The van der Waals surface area contributed by atoms with E-state index in [1.54, 1.807) is 20.3 Å². The van der Waals surface area contributed by atoms with Gasteiger partial charge in [-0.25, -0.2) is 0 Å². The van der Waals surface area contributed by atoms with Crippen LogP contribution in [0.5, 0.6) is 11.8 Å². The molecule has 0 aliphatic carbocycles. The number of rotatable bonds is 5. The van der Waals surface area contributed by atoms with Crippen molar-refractivity contribution in [1.29, 1.82) is 0 Å². The minimum Gasteiger partial charge on any atom is -0.481 e. The van der Waals surface area contributed by atoms with Crippen molar-refractivity contribution in [1.82, 2.24) is 9.97 Å². The second kappa shape index (κ2) is 5.95. The Morgan fingerprint density at radius 3 is 2.59 bits per heavy atom. The topological polar surface area (TPSA) is 56.3 Å². The molecule has 1 aromatic rings. The van der Waals surface area contributed by atoms with Crippen LogP contribution in [0.4, 0.5) is 5.95 Å². The third-order valence-corrected chi connectivity index (χ3v) is 3.90. The zero-order valence-electron chi connectivity index (χ0n) is 10.1. The van der Waals surface area contributed by atoms with Gasteiger partial charge in [0.25, 0.3) is 0 Å². The number of nitrogens with zero attached hydrogens (tertiary/aromatic N) is 2. The van der Waals surface area contributed by atoms with E-state index in [1.807, 2.05) is 11.8 Å². The molecule has 2 rings (SSSR count). The van der Waals surface area contributed by atoms with Crippen LogP contribution in [-0.4, -0.2) is 42.2 Å². The molecule has 0 amide bonds. The molecule has 6 heteroatoms. The molecule has 0 bridgehead atoms. The van der Waals surface area contributed by atoms with Crippen molar-refractivity contribution in [2.75, 3.05) is 37.6 Å². The monoisotopic (exact) mass is 255 g/mol. The summed E-state index contributed by atoms with van der Waals surface area (Å²) in [7, 11) is 3.17. The fourth-order valence-electron chi connectivity index (χ4n) is 1.67. The van der Waals surface area contributed by atoms with E-state index in [2.05, 4.69) is 15.3 Å². The van der Waals surface area contributed by atoms with Crippen LogP contribution in [0, 0.1) is 5.92 Å². The maximum atomic E-state index is 5.09. The van der Waals surface area contributed by atoms with Gasteiger partial charge in [0.05, 0.1) is 20.3 Å². The van der Waals surface area contributed by atoms with Crippen molar-refractivity contribution in [3.8, 4) is 11.8 Å². The van der Waals surface area contributed by atoms with Gasteiger partial charge in [-0.2, -0.15) is 21.7 Å². The molecule has 0 radical (unpaired) electrons. The molecular weight excluding hydrogens is 238 g/mol. The summed E-state index contributed by atoms with van der Waals surface area (Å²) in [5.41, 5.74) is 0. The Balaban J connectivity index is 1.98. The second-order valence-corrected chi connectivity index (χ2v) is 5.04. The van der Waals surface area contributed by atoms with E-state index in [4.69, 9.17) is 9.47 Å². The summed E-state index contributed by atoms with van der Waals surface area (Å²) in [6.45, 7) is 0.906. The van der Waals surface area contributed by atoms with Crippen LogP contribution in [0.15, 0.2) is 6.07 Å². The number of aromatic nitrogens is 2. The molecule has 94 valence electrons. The normalized spacial score (nSPS) is 19.1. The first-order valence-electron chi connectivity index (χ1n) is 5.60. The van der Waals surface area contributed by atoms with Crippen molar-refractivity contribution < 1.29 is 9.47 Å². The number of methoxy groups -OCH3 is 2. The average molecular weight is 255 g/mol. The van der Waals surface area contributed by atoms with Gasteiger partial charge in [0.15, 0.2) is 0 Å². The SMILES string of the molecule is COc1cc(OC)nc(NCC2CCSC2)n1. The summed E-state index contributed by atoms with van der Waals surface area (Å²) in [4.78, 5) is 8.46. The van der Waals surface area contributed by atoms with Gasteiger partial charge in [0.2, 0.25) is 17.7 Å². The van der Waals surface area contributed by atoms with E-state index in [-0.39, 0.29) is 0 Å². The van der Waals surface area contributed by atoms with Gasteiger partial charge >= 0.3 is 0 Å². The van der Waals surface area contributed by atoms with Crippen LogP contribution in [-0.2, 0) is 0 Å². The van der Waals surface area contributed by atoms with Crippen LogP contribution >= 0.6 is 11.8 Å². The Morgan fingerprint density at radius 1 is 1.35 bits per heavy atom. The number of anilines is 1. The van der Waals surface area contributed by atoms with E-state index in [1.165, 1.54) is 17.9 Å². The van der Waals surface area contributed by atoms with Gasteiger partial charge < -0.3 is 14.8 Å². The second-order valence-electron chi connectivity index (χ2n) is 3.89. The van der Waals surface area contributed by atoms with Gasteiger partial charge in [0.1, 0.15) is 0 Å². The molecule has 1 aromatic heterocycles. The van der Waals surface area contributed by atoms with Gasteiger partial charge in [-0.3, -0.25) is 0 Å². The van der Waals surface area contributed by atoms with Crippen LogP contribution < -0.4 is 14.8 Å². The molecule has 1 N–H and O–H groups in total. The van der Waals surface area contributed by atoms with Crippen molar-refractivity contribution in [2.45, 2.75) is 6.42 Å². The Hall–Kier alpha value is -1.17. The standard InChI is InChI=1S/C11H17N3O2S/c1-15-9-5-10(16-2)14-11(13-9)12-6-8-3-4-17-7-8/h5,8H,3-4,6-7H2,1-2H3,(H,12,13,14). The Bertz CT molecular complexity index is 347. The first-order chi connectivity index (χ1) is 8.31. The summed E-state index contributed by atoms with van der Waals surface area (Å²) in [6.07, 6.45) is 1.26. The predicted octanol–water partition coefficient (Wildman–Crippen LogP) is 1.66. The number of hydrogen-bond donors (Lipinski definition) is 1. The summed E-state index contributed by atoms with van der Waals surface area (Å²) in [5, 5.41) is 3.24. The van der Waals surface area contributed by atoms with Crippen molar-refractivity contribution in [3.05, 3.63) is 6.07 Å². The highest BCUT2D eigenvalue weighted by Gasteiger charge is 2.15. The molecule has 1 aliphatic heterocycles. The quantitative estimate of drug-likeness (QED) is 0.863. The van der Waals surface area contributed by atoms with E-state index < -0.39 is 0 Å². The highest BCUT2D eigenvalue weighted by molar-refractivity contribution is 7.99. The average Bonchev–Trinajstić information content (AvgIpc) is 2.89. The van der Waals surface area contributed by atoms with Crippen LogP contribution in [0.3, 0.4) is 0 Å². The van der Waals surface area contributed by atoms with Crippen LogP contribution in [0.1, 0.15) is 6.42 Å². The van der Waals surface area contributed by atoms with E-state index in [0.717, 1.165) is 6.54 Å². The summed E-state index contributed by atoms with van der Waals surface area (Å²) < 4.78 is 10.2. The highest BCUT2D eigenvalue weighted by Crippen LogP contribution is 2.24. The Kier molecular flexibility index (Phi) is 4.30. The Labute approximate surface area is 105 Å². The molecule has 17 heavy (non-hydrogen) atoms. The summed E-state index contributed by atoms with van der Waals surface area (Å²) >= 11 is 2.00. The lowest BCUT2D eigenvalue weighted by molar-refractivity contribution is 0.372. The van der Waals surface area contributed by atoms with Gasteiger partial charge in [-0.05, 0) is 23.8 Å². The number of nitrogens with one attached hydrogen (secondary N) is 1. The van der Waals surface area contributed by atoms with Crippen LogP contribution in [0.2, 0.25) is 0 Å². The van der Waals surface area contributed by atoms with Gasteiger partial charge in [0, 0.05) is 6.54 Å². The molecular formula is C11H17N3O2S. The number of thioether (sulfide) groups is 1. The first kappa shape index (κ1) is 12.3. The molecule has 0 spiro atoms. The van der Waals surface area contributed by atoms with Crippen molar-refractivity contribution >= 4 is 17.7 Å². The third-order valence-electron chi connectivity index (χ3n) is 2.67. The lowest BCUT2D eigenvalue weighted by atomic mass is 10.1. The summed E-state index contributed by atoms with van der Waals surface area (Å²) in [5.74, 6) is 4.78. The molecule has 1 fully saturated rings.